The molecule has 0 radical (unpaired) electrons. The molecule has 0 saturated carbocycles. The summed E-state index contributed by atoms with van der Waals surface area (Å²) in [6, 6.07) is 37.2. The zero-order chi connectivity index (χ0) is 26.6. The van der Waals surface area contributed by atoms with Gasteiger partial charge in [0.1, 0.15) is 6.61 Å². The predicted molar refractivity (Wildman–Crippen MR) is 150 cm³/mol. The highest BCUT2D eigenvalue weighted by Crippen LogP contribution is 2.27. The maximum Gasteiger partial charge on any atom is 0.414 e. The van der Waals surface area contributed by atoms with Crippen molar-refractivity contribution in [1.29, 1.82) is 0 Å². The highest BCUT2D eigenvalue weighted by atomic mass is 16.5. The molecule has 0 aliphatic rings. The van der Waals surface area contributed by atoms with Crippen LogP contribution in [-0.2, 0) is 11.3 Å². The predicted octanol–water partition coefficient (Wildman–Crippen LogP) is 6.54. The van der Waals surface area contributed by atoms with E-state index in [1.165, 1.54) is 0 Å². The summed E-state index contributed by atoms with van der Waals surface area (Å²) < 4.78 is 5.39. The third kappa shape index (κ3) is 7.77. The molecule has 0 heterocycles. The van der Waals surface area contributed by atoms with Gasteiger partial charge < -0.3 is 4.74 Å². The minimum atomic E-state index is -0.725. The Morgan fingerprint density at radius 2 is 1.32 bits per heavy atom. The molecular formula is C32H29N3O3. The van der Waals surface area contributed by atoms with Crippen molar-refractivity contribution in [3.63, 3.8) is 0 Å². The lowest BCUT2D eigenvalue weighted by atomic mass is 9.98. The fourth-order valence-electron chi connectivity index (χ4n) is 3.82. The van der Waals surface area contributed by atoms with E-state index < -0.39 is 18.0 Å². The van der Waals surface area contributed by atoms with Gasteiger partial charge in [-0.3, -0.25) is 15.4 Å². The number of ether oxygens (including phenoxy) is 1. The lowest BCUT2D eigenvalue weighted by molar-refractivity contribution is 0.0975. The van der Waals surface area contributed by atoms with Gasteiger partial charge in [0.25, 0.3) is 5.91 Å². The second-order valence-corrected chi connectivity index (χ2v) is 8.60. The molecule has 0 saturated heterocycles. The Balaban J connectivity index is 1.64. The molecule has 1 atom stereocenters. The number of rotatable bonds is 7. The Morgan fingerprint density at radius 1 is 0.763 bits per heavy atom. The molecule has 6 nitrogen and oxygen atoms in total. The second-order valence-electron chi connectivity index (χ2n) is 8.60. The Bertz CT molecular complexity index is 1390. The van der Waals surface area contributed by atoms with Crippen molar-refractivity contribution in [3.05, 3.63) is 149 Å². The number of carbonyl (C=O) groups is 2. The van der Waals surface area contributed by atoms with Gasteiger partial charge in [0, 0.05) is 5.56 Å². The molecule has 38 heavy (non-hydrogen) atoms. The van der Waals surface area contributed by atoms with Crippen LogP contribution < -0.4 is 10.6 Å². The smallest absolute Gasteiger partial charge is 0.414 e. The molecule has 4 rings (SSSR count). The zero-order valence-corrected chi connectivity index (χ0v) is 21.1. The molecule has 6 heteroatoms. The van der Waals surface area contributed by atoms with Gasteiger partial charge in [-0.1, -0.05) is 115 Å². The maximum absolute atomic E-state index is 13.0. The molecular weight excluding hydrogens is 474 g/mol. The number of hydrogen-bond acceptors (Lipinski definition) is 4. The first-order valence-electron chi connectivity index (χ1n) is 12.3. The van der Waals surface area contributed by atoms with E-state index in [2.05, 4.69) is 10.6 Å². The monoisotopic (exact) mass is 503 g/mol. The minimum Gasteiger partial charge on any atom is -0.444 e. The zero-order valence-electron chi connectivity index (χ0n) is 21.1. The van der Waals surface area contributed by atoms with Crippen molar-refractivity contribution in [1.82, 2.24) is 10.6 Å². The summed E-state index contributed by atoms with van der Waals surface area (Å²) in [4.78, 5) is 30.5. The van der Waals surface area contributed by atoms with E-state index in [1.54, 1.807) is 24.3 Å². The molecule has 1 unspecified atom stereocenters. The summed E-state index contributed by atoms with van der Waals surface area (Å²) in [6.45, 7) is 2.06. The Morgan fingerprint density at radius 3 is 1.95 bits per heavy atom. The fourth-order valence-corrected chi connectivity index (χ4v) is 3.82. The first kappa shape index (κ1) is 26.1. The van der Waals surface area contributed by atoms with E-state index in [-0.39, 0.29) is 12.6 Å². The van der Waals surface area contributed by atoms with E-state index in [1.807, 2.05) is 110 Å². The number of amides is 2. The molecule has 4 aromatic carbocycles. The summed E-state index contributed by atoms with van der Waals surface area (Å²) in [5.74, 6) is -0.407. The van der Waals surface area contributed by atoms with Crippen molar-refractivity contribution in [2.75, 3.05) is 0 Å². The summed E-state index contributed by atoms with van der Waals surface area (Å²) in [5.41, 5.74) is 4.13. The Kier molecular flexibility index (Phi) is 9.18. The lowest BCUT2D eigenvalue weighted by Gasteiger charge is -2.18. The molecule has 4 aromatic rings. The number of nitrogens with one attached hydrogen (secondary N) is 2. The van der Waals surface area contributed by atoms with Gasteiger partial charge in [-0.05, 0) is 41.3 Å². The average molecular weight is 504 g/mol. The topological polar surface area (TPSA) is 79.8 Å². The van der Waals surface area contributed by atoms with Gasteiger partial charge in [-0.25, -0.2) is 9.79 Å². The van der Waals surface area contributed by atoms with Crippen LogP contribution in [0.4, 0.5) is 4.79 Å². The van der Waals surface area contributed by atoms with E-state index in [0.29, 0.717) is 5.56 Å². The number of carbonyl (C=O) groups excluding carboxylic acids is 2. The van der Waals surface area contributed by atoms with Crippen LogP contribution in [0.25, 0.3) is 6.08 Å². The number of guanidine groups is 1. The van der Waals surface area contributed by atoms with E-state index in [0.717, 1.165) is 22.3 Å². The van der Waals surface area contributed by atoms with Crippen LogP contribution in [0, 0.1) is 0 Å². The third-order valence-electron chi connectivity index (χ3n) is 5.70. The van der Waals surface area contributed by atoms with Gasteiger partial charge in [0.2, 0.25) is 5.96 Å². The molecule has 2 N–H and O–H groups in total. The molecule has 0 aromatic heterocycles. The van der Waals surface area contributed by atoms with Gasteiger partial charge in [-0.15, -0.1) is 0 Å². The third-order valence-corrected chi connectivity index (χ3v) is 5.70. The van der Waals surface area contributed by atoms with Gasteiger partial charge in [-0.2, -0.15) is 0 Å². The van der Waals surface area contributed by atoms with Gasteiger partial charge in [0.05, 0.1) is 6.04 Å². The van der Waals surface area contributed by atoms with Crippen LogP contribution in [-0.4, -0.2) is 18.0 Å². The number of alkyl carbamates (subject to hydrolysis) is 1. The van der Waals surface area contributed by atoms with Crippen molar-refractivity contribution >= 4 is 24.0 Å². The largest absolute Gasteiger partial charge is 0.444 e. The molecule has 2 amide bonds. The SMILES string of the molecule is C/C(=C\c1ccccc1)C(N=C(NC(=O)OCc1ccccc1)NC(=O)c1ccccc1)c1ccccc1. The van der Waals surface area contributed by atoms with E-state index >= 15 is 0 Å². The quantitative estimate of drug-likeness (QED) is 0.222. The number of nitrogens with zero attached hydrogens (tertiary/aromatic N) is 1. The molecule has 0 fully saturated rings. The van der Waals surface area contributed by atoms with Crippen LogP contribution in [0.3, 0.4) is 0 Å². The Hall–Kier alpha value is -4.97. The molecule has 0 aliphatic heterocycles. The maximum atomic E-state index is 13.0. The fraction of sp³-hybridized carbons (Fsp3) is 0.0938. The normalized spacial score (nSPS) is 12.3. The van der Waals surface area contributed by atoms with Crippen LogP contribution in [0.15, 0.2) is 132 Å². The van der Waals surface area contributed by atoms with Crippen molar-refractivity contribution in [2.45, 2.75) is 19.6 Å². The van der Waals surface area contributed by atoms with Crippen LogP contribution in [0.2, 0.25) is 0 Å². The van der Waals surface area contributed by atoms with Gasteiger partial charge >= 0.3 is 6.09 Å². The molecule has 0 bridgehead atoms. The van der Waals surface area contributed by atoms with E-state index in [9.17, 15) is 9.59 Å². The van der Waals surface area contributed by atoms with Crippen molar-refractivity contribution in [3.8, 4) is 0 Å². The summed E-state index contributed by atoms with van der Waals surface area (Å²) in [5, 5.41) is 5.39. The standard InChI is InChI=1S/C32H29N3O3/c1-24(22-25-14-6-2-7-15-25)29(27-18-10-4-11-19-27)33-31(34-30(36)28-20-12-5-13-21-28)35-32(37)38-23-26-16-8-3-9-17-26/h2-22,29H,23H2,1H3,(H2,33,34,35,36,37)/b24-22+. The summed E-state index contributed by atoms with van der Waals surface area (Å²) in [6.07, 6.45) is 1.31. The first-order chi connectivity index (χ1) is 18.6. The molecule has 190 valence electrons. The first-order valence-corrected chi connectivity index (χ1v) is 12.3. The second kappa shape index (κ2) is 13.4. The average Bonchev–Trinajstić information content (AvgIpc) is 2.96. The molecule has 0 spiro atoms. The number of hydrogen-bond donors (Lipinski definition) is 2. The summed E-state index contributed by atoms with van der Waals surface area (Å²) >= 11 is 0. The number of benzene rings is 4. The van der Waals surface area contributed by atoms with Crippen LogP contribution in [0.1, 0.15) is 40.0 Å². The van der Waals surface area contributed by atoms with Crippen molar-refractivity contribution in [2.24, 2.45) is 4.99 Å². The number of aliphatic imine (C=N–C) groups is 1. The van der Waals surface area contributed by atoms with Crippen LogP contribution >= 0.6 is 0 Å². The Labute approximate surface area is 222 Å². The van der Waals surface area contributed by atoms with E-state index in [4.69, 9.17) is 9.73 Å². The lowest BCUT2D eigenvalue weighted by Crippen LogP contribution is -2.44. The highest BCUT2D eigenvalue weighted by molar-refractivity contribution is 6.09. The van der Waals surface area contributed by atoms with Crippen molar-refractivity contribution < 1.29 is 14.3 Å². The van der Waals surface area contributed by atoms with Crippen LogP contribution in [0.5, 0.6) is 0 Å². The molecule has 0 aliphatic carbocycles. The van der Waals surface area contributed by atoms with Gasteiger partial charge in [0.15, 0.2) is 0 Å². The minimum absolute atomic E-state index is 0.00780. The highest BCUT2D eigenvalue weighted by Gasteiger charge is 2.18. The summed E-state index contributed by atoms with van der Waals surface area (Å²) in [7, 11) is 0.